The molecule has 0 aromatic heterocycles. The van der Waals surface area contributed by atoms with E-state index in [1.54, 1.807) is 6.56 Å². The minimum absolute atomic E-state index is 0.0311. The summed E-state index contributed by atoms with van der Waals surface area (Å²) in [6, 6.07) is 6.08. The summed E-state index contributed by atoms with van der Waals surface area (Å²) in [6.07, 6.45) is 16.0. The standard InChI is InChI=1S/2C6H5F2N.2C5H5.Zr/c2*7-4-1-2-6(9)5(8)3-4;2*1-2-4-5-3-1;/h2*1-3H,9H2;2*1-3H,4H2;. The molecule has 0 saturated heterocycles. The van der Waals surface area contributed by atoms with Crippen LogP contribution in [0.15, 0.2) is 79.4 Å². The molecule has 0 bridgehead atoms. The fraction of sp³-hybridized carbons (Fsp3) is 0.0909. The third-order valence-corrected chi connectivity index (χ3v) is 7.19. The van der Waals surface area contributed by atoms with Gasteiger partial charge < -0.3 is 11.5 Å². The molecular formula is C22H20F4N2Zr. The number of hydrogen-bond acceptors (Lipinski definition) is 2. The summed E-state index contributed by atoms with van der Waals surface area (Å²) < 4.78 is 52.0. The molecule has 0 fully saturated rings. The second kappa shape index (κ2) is 11.6. The van der Waals surface area contributed by atoms with Crippen molar-refractivity contribution in [2.45, 2.75) is 12.8 Å². The molecule has 2 aliphatic carbocycles. The average Bonchev–Trinajstić information content (AvgIpc) is 3.38. The molecule has 150 valence electrons. The van der Waals surface area contributed by atoms with Crippen LogP contribution in [0.25, 0.3) is 0 Å². The number of benzene rings is 2. The van der Waals surface area contributed by atoms with Gasteiger partial charge in [-0.05, 0) is 24.3 Å². The molecule has 0 spiro atoms. The van der Waals surface area contributed by atoms with E-state index in [1.807, 2.05) is 0 Å². The van der Waals surface area contributed by atoms with Gasteiger partial charge in [-0.15, -0.1) is 0 Å². The molecule has 0 amide bonds. The van der Waals surface area contributed by atoms with Gasteiger partial charge in [-0.2, -0.15) is 0 Å². The Labute approximate surface area is 178 Å². The van der Waals surface area contributed by atoms with Gasteiger partial charge in [-0.25, -0.2) is 17.6 Å². The number of anilines is 2. The Balaban J connectivity index is 0.000000157. The van der Waals surface area contributed by atoms with Gasteiger partial charge in [-0.3, -0.25) is 0 Å². The monoisotopic (exact) mass is 478 g/mol. The van der Waals surface area contributed by atoms with E-state index in [1.165, 1.54) is 25.0 Å². The topological polar surface area (TPSA) is 52.0 Å². The number of halogens is 4. The van der Waals surface area contributed by atoms with Crippen LogP contribution >= 0.6 is 0 Å². The molecule has 2 nitrogen and oxygen atoms in total. The molecule has 4 N–H and O–H groups in total. The minimum Gasteiger partial charge on any atom is -0.396 e. The van der Waals surface area contributed by atoms with Crippen molar-refractivity contribution in [3.05, 3.63) is 103 Å². The Morgan fingerprint density at radius 1 is 0.655 bits per heavy atom. The van der Waals surface area contributed by atoms with E-state index < -0.39 is 23.3 Å². The second-order valence-corrected chi connectivity index (χ2v) is 9.88. The fourth-order valence-electron chi connectivity index (χ4n) is 2.29. The van der Waals surface area contributed by atoms with Crippen molar-refractivity contribution in [3.8, 4) is 0 Å². The first kappa shape index (κ1) is 22.9. The van der Waals surface area contributed by atoms with E-state index in [4.69, 9.17) is 11.5 Å². The Kier molecular flexibility index (Phi) is 9.13. The zero-order valence-corrected chi connectivity index (χ0v) is 18.0. The van der Waals surface area contributed by atoms with Crippen LogP contribution < -0.4 is 11.5 Å². The van der Waals surface area contributed by atoms with Gasteiger partial charge in [0.25, 0.3) is 0 Å². The first-order valence-electron chi connectivity index (χ1n) is 8.74. The van der Waals surface area contributed by atoms with Crippen LogP contribution in [0.3, 0.4) is 0 Å². The van der Waals surface area contributed by atoms with E-state index in [0.717, 1.165) is 24.3 Å². The third-order valence-electron chi connectivity index (χ3n) is 3.79. The Morgan fingerprint density at radius 3 is 1.34 bits per heavy atom. The van der Waals surface area contributed by atoms with Crippen molar-refractivity contribution >= 4 is 11.4 Å². The van der Waals surface area contributed by atoms with Crippen LogP contribution in [0.4, 0.5) is 28.9 Å². The normalized spacial score (nSPS) is 13.7. The van der Waals surface area contributed by atoms with Gasteiger partial charge in [0.05, 0.1) is 11.4 Å². The summed E-state index contributed by atoms with van der Waals surface area (Å²) in [7, 11) is 0. The van der Waals surface area contributed by atoms with Crippen molar-refractivity contribution in [1.82, 2.24) is 0 Å². The summed E-state index contributed by atoms with van der Waals surface area (Å²) in [4.78, 5) is 0. The second-order valence-electron chi connectivity index (χ2n) is 6.11. The predicted octanol–water partition coefficient (Wildman–Crippen LogP) is 5.85. The largest absolute Gasteiger partial charge is 0.396 e. The molecule has 0 atom stereocenters. The van der Waals surface area contributed by atoms with Gasteiger partial charge in [0.15, 0.2) is 0 Å². The summed E-state index contributed by atoms with van der Waals surface area (Å²) in [5, 5.41) is 0. The van der Waals surface area contributed by atoms with Gasteiger partial charge in [-0.1, -0.05) is 0 Å². The molecule has 2 aromatic rings. The Bertz CT molecular complexity index is 888. The van der Waals surface area contributed by atoms with Crippen molar-refractivity contribution in [1.29, 1.82) is 0 Å². The summed E-state index contributed by atoms with van der Waals surface area (Å²) in [5.41, 5.74) is 10.0. The summed E-state index contributed by atoms with van der Waals surface area (Å²) in [5.74, 6) is -2.64. The molecule has 7 heteroatoms. The zero-order valence-electron chi connectivity index (χ0n) is 15.5. The van der Waals surface area contributed by atoms with Crippen LogP contribution in [0.2, 0.25) is 0 Å². The molecule has 0 aliphatic heterocycles. The smallest absolute Gasteiger partial charge is 0.148 e. The predicted molar refractivity (Wildman–Crippen MR) is 105 cm³/mol. The molecule has 0 radical (unpaired) electrons. The quantitative estimate of drug-likeness (QED) is 0.419. The molecule has 2 aromatic carbocycles. The van der Waals surface area contributed by atoms with E-state index >= 15 is 0 Å². The van der Waals surface area contributed by atoms with Gasteiger partial charge in [0, 0.05) is 12.1 Å². The number of nitrogens with two attached hydrogens (primary N) is 2. The maximum absolute atomic E-state index is 12.2. The van der Waals surface area contributed by atoms with Gasteiger partial charge >= 0.3 is 79.1 Å². The molecule has 29 heavy (non-hydrogen) atoms. The van der Waals surface area contributed by atoms with Gasteiger partial charge in [0.2, 0.25) is 0 Å². The van der Waals surface area contributed by atoms with Crippen LogP contribution in [-0.4, -0.2) is 0 Å². The first-order chi connectivity index (χ1) is 13.8. The molecular weight excluding hydrogens is 459 g/mol. The molecule has 0 unspecified atom stereocenters. The van der Waals surface area contributed by atoms with Crippen LogP contribution in [0.5, 0.6) is 0 Å². The average molecular weight is 480 g/mol. The van der Waals surface area contributed by atoms with Crippen molar-refractivity contribution in [2.75, 3.05) is 11.5 Å². The summed E-state index contributed by atoms with van der Waals surface area (Å²) >= 11 is -0.312. The van der Waals surface area contributed by atoms with Crippen LogP contribution in [-0.2, 0) is 23.2 Å². The third kappa shape index (κ3) is 8.24. The van der Waals surface area contributed by atoms with Crippen molar-refractivity contribution < 1.29 is 40.8 Å². The molecule has 4 rings (SSSR count). The Hall–Kier alpha value is -2.40. The van der Waals surface area contributed by atoms with Crippen molar-refractivity contribution in [3.63, 3.8) is 0 Å². The molecule has 0 saturated carbocycles. The number of nitrogen functional groups attached to an aromatic ring is 2. The first-order valence-corrected chi connectivity index (χ1v) is 11.2. The number of rotatable bonds is 2. The van der Waals surface area contributed by atoms with Crippen molar-refractivity contribution in [2.24, 2.45) is 0 Å². The van der Waals surface area contributed by atoms with Crippen LogP contribution in [0.1, 0.15) is 12.8 Å². The van der Waals surface area contributed by atoms with Gasteiger partial charge in [0.1, 0.15) is 23.3 Å². The van der Waals surface area contributed by atoms with E-state index in [9.17, 15) is 17.6 Å². The van der Waals surface area contributed by atoms with E-state index in [-0.39, 0.29) is 34.6 Å². The summed E-state index contributed by atoms with van der Waals surface area (Å²) in [6.45, 7) is 0. The Morgan fingerprint density at radius 2 is 1.07 bits per heavy atom. The maximum atomic E-state index is 12.2. The SMILES string of the molecule is C1=CC[C]([Zr][C]2=CC=CC2)=C1.Nc1ccc(F)cc1F.Nc1ccc(F)cc1F. The van der Waals surface area contributed by atoms with E-state index in [0.29, 0.717) is 0 Å². The minimum atomic E-state index is -0.713. The fourth-order valence-corrected chi connectivity index (χ4v) is 5.27. The molecule has 0 heterocycles. The maximum Gasteiger partial charge on any atom is 0.148 e. The number of allylic oxidation sites excluding steroid dienone is 8. The zero-order chi connectivity index (χ0) is 21.2. The van der Waals surface area contributed by atoms with Crippen LogP contribution in [0, 0.1) is 23.3 Å². The molecule has 2 aliphatic rings. The number of hydrogen-bond donors (Lipinski definition) is 2. The van der Waals surface area contributed by atoms with E-state index in [2.05, 4.69) is 36.5 Å².